The monoisotopic (exact) mass is 346 g/mol. The lowest BCUT2D eigenvalue weighted by atomic mass is 10.2. The van der Waals surface area contributed by atoms with E-state index in [1.165, 1.54) is 10.6 Å². The zero-order chi connectivity index (χ0) is 17.5. The van der Waals surface area contributed by atoms with Crippen molar-refractivity contribution in [2.24, 2.45) is 7.05 Å². The van der Waals surface area contributed by atoms with Gasteiger partial charge in [0.2, 0.25) is 10.0 Å². The largest absolute Gasteiger partial charge is 0.419 e. The first-order chi connectivity index (χ1) is 11.3. The smallest absolute Gasteiger partial charge is 0.408 e. The molecule has 126 valence electrons. The molecule has 1 aromatic heterocycles. The van der Waals surface area contributed by atoms with Gasteiger partial charge >= 0.3 is 5.76 Å². The fourth-order valence-corrected chi connectivity index (χ4v) is 3.77. The molecule has 0 atom stereocenters. The maximum absolute atomic E-state index is 12.6. The van der Waals surface area contributed by atoms with Gasteiger partial charge in [0.15, 0.2) is 5.58 Å². The van der Waals surface area contributed by atoms with Gasteiger partial charge < -0.3 is 4.42 Å². The summed E-state index contributed by atoms with van der Waals surface area (Å²) in [5, 5.41) is 0. The second-order valence-electron chi connectivity index (χ2n) is 5.82. The van der Waals surface area contributed by atoms with E-state index >= 15 is 0 Å². The average molecular weight is 346 g/mol. The zero-order valence-electron chi connectivity index (χ0n) is 13.7. The molecule has 0 radical (unpaired) electrons. The molecule has 0 unspecified atom stereocenters. The van der Waals surface area contributed by atoms with Gasteiger partial charge in [0.05, 0.1) is 10.4 Å². The van der Waals surface area contributed by atoms with Gasteiger partial charge in [-0.05, 0) is 31.0 Å². The van der Waals surface area contributed by atoms with Crippen LogP contribution >= 0.6 is 0 Å². The predicted molar refractivity (Wildman–Crippen MR) is 91.4 cm³/mol. The number of rotatable bonds is 4. The summed E-state index contributed by atoms with van der Waals surface area (Å²) in [4.78, 5) is 11.7. The summed E-state index contributed by atoms with van der Waals surface area (Å²) < 4.78 is 34.2. The van der Waals surface area contributed by atoms with Crippen LogP contribution in [0.15, 0.2) is 50.5 Å². The summed E-state index contributed by atoms with van der Waals surface area (Å²) in [5.74, 6) is -0.522. The summed E-state index contributed by atoms with van der Waals surface area (Å²) in [6.07, 6.45) is 0. The molecule has 7 heteroatoms. The number of benzene rings is 2. The number of nitrogens with zero attached hydrogens (tertiary/aromatic N) is 1. The number of sulfonamides is 1. The normalized spacial score (nSPS) is 12.0. The lowest BCUT2D eigenvalue weighted by Gasteiger charge is -2.10. The quantitative estimate of drug-likeness (QED) is 0.785. The standard InChI is InChI=1S/C17H18N2O4S/c1-11-4-6-13(7-5-11)10-18-24(21,22)16-9-15-14(8-12(16)2)19(3)17(20)23-15/h4-9,18H,10H2,1-3H3. The van der Waals surface area contributed by atoms with Crippen molar-refractivity contribution in [2.75, 3.05) is 0 Å². The summed E-state index contributed by atoms with van der Waals surface area (Å²) in [7, 11) is -2.13. The van der Waals surface area contributed by atoms with Crippen molar-refractivity contribution in [2.45, 2.75) is 25.3 Å². The van der Waals surface area contributed by atoms with Gasteiger partial charge in [0.25, 0.3) is 0 Å². The highest BCUT2D eigenvalue weighted by Crippen LogP contribution is 2.22. The van der Waals surface area contributed by atoms with E-state index in [-0.39, 0.29) is 17.0 Å². The second-order valence-corrected chi connectivity index (χ2v) is 7.56. The number of aromatic nitrogens is 1. The first-order valence-corrected chi connectivity index (χ1v) is 8.91. The molecular weight excluding hydrogens is 328 g/mol. The molecule has 24 heavy (non-hydrogen) atoms. The topological polar surface area (TPSA) is 81.3 Å². The number of fused-ring (bicyclic) bond motifs is 1. The Balaban J connectivity index is 1.94. The Morgan fingerprint density at radius 1 is 1.12 bits per heavy atom. The van der Waals surface area contributed by atoms with Gasteiger partial charge in [0.1, 0.15) is 0 Å². The van der Waals surface area contributed by atoms with Crippen LogP contribution in [0.2, 0.25) is 0 Å². The molecule has 0 amide bonds. The lowest BCUT2D eigenvalue weighted by Crippen LogP contribution is -2.24. The minimum absolute atomic E-state index is 0.108. The van der Waals surface area contributed by atoms with E-state index in [1.807, 2.05) is 31.2 Å². The Hall–Kier alpha value is -2.38. The number of hydrogen-bond acceptors (Lipinski definition) is 4. The molecular formula is C17H18N2O4S. The van der Waals surface area contributed by atoms with Gasteiger partial charge in [-0.2, -0.15) is 0 Å². The highest BCUT2D eigenvalue weighted by Gasteiger charge is 2.19. The van der Waals surface area contributed by atoms with Gasteiger partial charge in [-0.1, -0.05) is 29.8 Å². The summed E-state index contributed by atoms with van der Waals surface area (Å²) in [6, 6.07) is 10.7. The number of oxazole rings is 1. The van der Waals surface area contributed by atoms with Crippen molar-refractivity contribution < 1.29 is 12.8 Å². The predicted octanol–water partition coefficient (Wildman–Crippen LogP) is 2.23. The molecule has 1 heterocycles. The molecule has 0 bridgehead atoms. The van der Waals surface area contributed by atoms with Crippen LogP contribution in [-0.2, 0) is 23.6 Å². The highest BCUT2D eigenvalue weighted by molar-refractivity contribution is 7.89. The van der Waals surface area contributed by atoms with Gasteiger partial charge in [-0.25, -0.2) is 17.9 Å². The minimum atomic E-state index is -3.72. The zero-order valence-corrected chi connectivity index (χ0v) is 14.5. The van der Waals surface area contributed by atoms with Crippen molar-refractivity contribution in [3.63, 3.8) is 0 Å². The number of hydrogen-bond donors (Lipinski definition) is 1. The van der Waals surface area contributed by atoms with Crippen LogP contribution < -0.4 is 10.5 Å². The SMILES string of the molecule is Cc1ccc(CNS(=O)(=O)c2cc3oc(=O)n(C)c3cc2C)cc1. The molecule has 2 aromatic carbocycles. The summed E-state index contributed by atoms with van der Waals surface area (Å²) in [6.45, 7) is 3.86. The number of aryl methyl sites for hydroxylation is 3. The maximum atomic E-state index is 12.6. The van der Waals surface area contributed by atoms with Crippen LogP contribution in [-0.4, -0.2) is 13.0 Å². The van der Waals surface area contributed by atoms with E-state index in [0.717, 1.165) is 11.1 Å². The van der Waals surface area contributed by atoms with E-state index in [9.17, 15) is 13.2 Å². The van der Waals surface area contributed by atoms with Crippen molar-refractivity contribution in [3.05, 3.63) is 63.6 Å². The third kappa shape index (κ3) is 3.00. The molecule has 0 aliphatic heterocycles. The number of nitrogens with one attached hydrogen (secondary N) is 1. The third-order valence-electron chi connectivity index (χ3n) is 3.97. The molecule has 0 fully saturated rings. The fraction of sp³-hybridized carbons (Fsp3) is 0.235. The molecule has 6 nitrogen and oxygen atoms in total. The Bertz CT molecular complexity index is 1060. The Morgan fingerprint density at radius 3 is 2.46 bits per heavy atom. The van der Waals surface area contributed by atoms with Crippen LogP contribution in [0.25, 0.3) is 11.1 Å². The van der Waals surface area contributed by atoms with Crippen LogP contribution in [0.5, 0.6) is 0 Å². The molecule has 1 N–H and O–H groups in total. The first kappa shape index (κ1) is 16.5. The Labute approximate surface area is 139 Å². The van der Waals surface area contributed by atoms with Crippen LogP contribution in [0.3, 0.4) is 0 Å². The fourth-order valence-electron chi connectivity index (χ4n) is 2.51. The first-order valence-electron chi connectivity index (χ1n) is 7.43. The third-order valence-corrected chi connectivity index (χ3v) is 5.51. The molecule has 0 aliphatic carbocycles. The van der Waals surface area contributed by atoms with Crippen LogP contribution in [0.4, 0.5) is 0 Å². The molecule has 0 aliphatic rings. The van der Waals surface area contributed by atoms with Crippen molar-refractivity contribution >= 4 is 21.1 Å². The van der Waals surface area contributed by atoms with Crippen LogP contribution in [0.1, 0.15) is 16.7 Å². The van der Waals surface area contributed by atoms with Gasteiger partial charge in [0, 0.05) is 19.7 Å². The summed E-state index contributed by atoms with van der Waals surface area (Å²) >= 11 is 0. The molecule has 0 saturated carbocycles. The Morgan fingerprint density at radius 2 is 1.79 bits per heavy atom. The van der Waals surface area contributed by atoms with Crippen molar-refractivity contribution in [3.8, 4) is 0 Å². The van der Waals surface area contributed by atoms with Crippen LogP contribution in [0, 0.1) is 13.8 Å². The highest BCUT2D eigenvalue weighted by atomic mass is 32.2. The van der Waals surface area contributed by atoms with Gasteiger partial charge in [-0.15, -0.1) is 0 Å². The molecule has 0 spiro atoms. The second kappa shape index (κ2) is 5.92. The molecule has 3 rings (SSSR count). The lowest BCUT2D eigenvalue weighted by molar-refractivity contribution is 0.527. The van der Waals surface area contributed by atoms with E-state index in [4.69, 9.17) is 4.42 Å². The maximum Gasteiger partial charge on any atom is 0.419 e. The minimum Gasteiger partial charge on any atom is -0.408 e. The van der Waals surface area contributed by atoms with Crippen molar-refractivity contribution in [1.29, 1.82) is 0 Å². The average Bonchev–Trinajstić information content (AvgIpc) is 2.81. The van der Waals surface area contributed by atoms with E-state index in [2.05, 4.69) is 4.72 Å². The Kier molecular flexibility index (Phi) is 4.06. The van der Waals surface area contributed by atoms with Crippen molar-refractivity contribution in [1.82, 2.24) is 9.29 Å². The molecule has 0 saturated heterocycles. The molecule has 3 aromatic rings. The van der Waals surface area contributed by atoms with E-state index < -0.39 is 15.8 Å². The van der Waals surface area contributed by atoms with Gasteiger partial charge in [-0.3, -0.25) is 4.57 Å². The summed E-state index contributed by atoms with van der Waals surface area (Å²) in [5.41, 5.74) is 3.35. The van der Waals surface area contributed by atoms with E-state index in [0.29, 0.717) is 11.1 Å². The van der Waals surface area contributed by atoms with E-state index in [1.54, 1.807) is 20.0 Å².